The summed E-state index contributed by atoms with van der Waals surface area (Å²) in [4.78, 5) is 12.3. The van der Waals surface area contributed by atoms with E-state index < -0.39 is 0 Å². The smallest absolute Gasteiger partial charge is 0.222 e. The first-order valence-electron chi connectivity index (χ1n) is 5.25. The zero-order chi connectivity index (χ0) is 9.52. The zero-order valence-electron chi connectivity index (χ0n) is 8.51. The molecule has 0 aromatic carbocycles. The first kappa shape index (κ1) is 10.5. The minimum Gasteiger partial charge on any atom is -0.346 e. The van der Waals surface area contributed by atoms with Gasteiger partial charge in [0, 0.05) is 20.0 Å². The molecule has 0 bridgehead atoms. The van der Waals surface area contributed by atoms with Crippen molar-refractivity contribution in [2.45, 2.75) is 32.1 Å². The molecule has 3 heteroatoms. The van der Waals surface area contributed by atoms with Crippen LogP contribution in [0.2, 0.25) is 0 Å². The summed E-state index contributed by atoms with van der Waals surface area (Å²) < 4.78 is 0. The van der Waals surface area contributed by atoms with Gasteiger partial charge in [0.25, 0.3) is 0 Å². The highest BCUT2D eigenvalue weighted by Gasteiger charge is 2.14. The van der Waals surface area contributed by atoms with Crippen LogP contribution in [-0.4, -0.2) is 37.5 Å². The lowest BCUT2D eigenvalue weighted by atomic mass is 10.2. The molecule has 2 saturated heterocycles. The van der Waals surface area contributed by atoms with Gasteiger partial charge in [-0.2, -0.15) is 0 Å². The highest BCUT2D eigenvalue weighted by molar-refractivity contribution is 5.77. The third kappa shape index (κ3) is 4.27. The summed E-state index contributed by atoms with van der Waals surface area (Å²) in [5.41, 5.74) is 0. The maximum Gasteiger partial charge on any atom is 0.222 e. The van der Waals surface area contributed by atoms with Crippen molar-refractivity contribution in [2.75, 3.05) is 26.7 Å². The van der Waals surface area contributed by atoms with Crippen LogP contribution in [0.1, 0.15) is 32.1 Å². The summed E-state index contributed by atoms with van der Waals surface area (Å²) in [6.07, 6.45) is 6.03. The standard InChI is InChI=1S/C5H9NO.C5H11N/c1-6-4-2-3-5(6)7;1-2-4-6-5-3-1/h2-4H2,1H3;6H,1-5H2. The van der Waals surface area contributed by atoms with Gasteiger partial charge in [0.15, 0.2) is 0 Å². The van der Waals surface area contributed by atoms with E-state index in [1.807, 2.05) is 7.05 Å². The number of rotatable bonds is 0. The molecule has 3 nitrogen and oxygen atoms in total. The quantitative estimate of drug-likeness (QED) is 0.609. The second-order valence-corrected chi connectivity index (χ2v) is 3.73. The largest absolute Gasteiger partial charge is 0.346 e. The Morgan fingerprint density at radius 2 is 1.85 bits per heavy atom. The molecule has 2 aliphatic rings. The number of nitrogens with zero attached hydrogens (tertiary/aromatic N) is 1. The molecule has 2 fully saturated rings. The molecule has 2 heterocycles. The number of carbonyl (C=O) groups is 1. The molecule has 0 unspecified atom stereocenters. The van der Waals surface area contributed by atoms with E-state index in [2.05, 4.69) is 5.32 Å². The highest BCUT2D eigenvalue weighted by atomic mass is 16.2. The van der Waals surface area contributed by atoms with Crippen LogP contribution in [0.15, 0.2) is 0 Å². The fourth-order valence-corrected chi connectivity index (χ4v) is 1.58. The molecule has 2 rings (SSSR count). The Morgan fingerprint density at radius 1 is 1.15 bits per heavy atom. The lowest BCUT2D eigenvalue weighted by molar-refractivity contribution is -0.126. The molecule has 0 aromatic heterocycles. The Labute approximate surface area is 80.5 Å². The van der Waals surface area contributed by atoms with Crippen molar-refractivity contribution in [1.29, 1.82) is 0 Å². The van der Waals surface area contributed by atoms with Crippen LogP contribution >= 0.6 is 0 Å². The number of nitrogens with one attached hydrogen (secondary N) is 1. The molecule has 1 N–H and O–H groups in total. The predicted octanol–water partition coefficient (Wildman–Crippen LogP) is 0.998. The molecule has 76 valence electrons. The van der Waals surface area contributed by atoms with Crippen LogP contribution in [0.5, 0.6) is 0 Å². The topological polar surface area (TPSA) is 32.3 Å². The Morgan fingerprint density at radius 3 is 2.00 bits per heavy atom. The SMILES string of the molecule is C1CCNCC1.CN1CCCC1=O. The summed E-state index contributed by atoms with van der Waals surface area (Å²) >= 11 is 0. The first-order chi connectivity index (χ1) is 6.30. The average Bonchev–Trinajstić information content (AvgIpc) is 2.55. The number of piperidine rings is 1. The molecule has 0 saturated carbocycles. The molecule has 13 heavy (non-hydrogen) atoms. The minimum absolute atomic E-state index is 0.292. The van der Waals surface area contributed by atoms with Gasteiger partial charge in [-0.05, 0) is 32.4 Å². The Hall–Kier alpha value is -0.570. The number of hydrogen-bond donors (Lipinski definition) is 1. The maximum atomic E-state index is 10.5. The first-order valence-corrected chi connectivity index (χ1v) is 5.25. The van der Waals surface area contributed by atoms with E-state index in [9.17, 15) is 4.79 Å². The van der Waals surface area contributed by atoms with E-state index in [-0.39, 0.29) is 0 Å². The van der Waals surface area contributed by atoms with E-state index in [1.165, 1.54) is 32.4 Å². The second-order valence-electron chi connectivity index (χ2n) is 3.73. The van der Waals surface area contributed by atoms with Crippen molar-refractivity contribution >= 4 is 5.91 Å². The summed E-state index contributed by atoms with van der Waals surface area (Å²) in [5.74, 6) is 0.292. The number of likely N-dealkylation sites (tertiary alicyclic amines) is 1. The lowest BCUT2D eigenvalue weighted by Gasteiger charge is -2.08. The second kappa shape index (κ2) is 5.97. The lowest BCUT2D eigenvalue weighted by Crippen LogP contribution is -2.21. The Kier molecular flexibility index (Phi) is 4.83. The zero-order valence-corrected chi connectivity index (χ0v) is 8.51. The fraction of sp³-hybridized carbons (Fsp3) is 0.900. The summed E-state index contributed by atoms with van der Waals surface area (Å²) in [5, 5.41) is 3.28. The summed E-state index contributed by atoms with van der Waals surface area (Å²) in [7, 11) is 1.84. The van der Waals surface area contributed by atoms with Crippen LogP contribution in [0.25, 0.3) is 0 Å². The van der Waals surface area contributed by atoms with Crippen molar-refractivity contribution in [3.05, 3.63) is 0 Å². The van der Waals surface area contributed by atoms with Crippen molar-refractivity contribution in [3.8, 4) is 0 Å². The van der Waals surface area contributed by atoms with Gasteiger partial charge in [-0.15, -0.1) is 0 Å². The molecule has 0 spiro atoms. The van der Waals surface area contributed by atoms with Crippen molar-refractivity contribution < 1.29 is 4.79 Å². The van der Waals surface area contributed by atoms with Crippen LogP contribution in [-0.2, 0) is 4.79 Å². The van der Waals surface area contributed by atoms with E-state index in [1.54, 1.807) is 4.90 Å². The van der Waals surface area contributed by atoms with E-state index in [0.29, 0.717) is 5.91 Å². The van der Waals surface area contributed by atoms with Gasteiger partial charge in [0.2, 0.25) is 5.91 Å². The summed E-state index contributed by atoms with van der Waals surface area (Å²) in [6, 6.07) is 0. The molecular weight excluding hydrogens is 164 g/mol. The highest BCUT2D eigenvalue weighted by Crippen LogP contribution is 2.04. The third-order valence-electron chi connectivity index (χ3n) is 2.52. The molecule has 0 radical (unpaired) electrons. The normalized spacial score (nSPS) is 22.5. The average molecular weight is 184 g/mol. The molecule has 0 atom stereocenters. The van der Waals surface area contributed by atoms with Gasteiger partial charge in [-0.25, -0.2) is 0 Å². The van der Waals surface area contributed by atoms with Crippen LogP contribution < -0.4 is 5.32 Å². The monoisotopic (exact) mass is 184 g/mol. The maximum absolute atomic E-state index is 10.5. The van der Waals surface area contributed by atoms with Gasteiger partial charge in [-0.1, -0.05) is 6.42 Å². The van der Waals surface area contributed by atoms with Gasteiger partial charge >= 0.3 is 0 Å². The van der Waals surface area contributed by atoms with Crippen molar-refractivity contribution in [1.82, 2.24) is 10.2 Å². The number of carbonyl (C=O) groups excluding carboxylic acids is 1. The Balaban J connectivity index is 0.000000132. The molecule has 2 aliphatic heterocycles. The van der Waals surface area contributed by atoms with Crippen molar-refractivity contribution in [3.63, 3.8) is 0 Å². The Bertz CT molecular complexity index is 143. The number of hydrogen-bond acceptors (Lipinski definition) is 2. The third-order valence-corrected chi connectivity index (χ3v) is 2.52. The predicted molar refractivity (Wildman–Crippen MR) is 53.6 cm³/mol. The fourth-order valence-electron chi connectivity index (χ4n) is 1.58. The minimum atomic E-state index is 0.292. The molecule has 0 aliphatic carbocycles. The van der Waals surface area contributed by atoms with Crippen LogP contribution in [0.3, 0.4) is 0 Å². The van der Waals surface area contributed by atoms with E-state index in [4.69, 9.17) is 0 Å². The summed E-state index contributed by atoms with van der Waals surface area (Å²) in [6.45, 7) is 3.46. The molecular formula is C10H20N2O. The van der Waals surface area contributed by atoms with Gasteiger partial charge in [0.05, 0.1) is 0 Å². The van der Waals surface area contributed by atoms with E-state index >= 15 is 0 Å². The van der Waals surface area contributed by atoms with Crippen LogP contribution in [0.4, 0.5) is 0 Å². The number of amides is 1. The van der Waals surface area contributed by atoms with Crippen LogP contribution in [0, 0.1) is 0 Å². The molecule has 1 amide bonds. The van der Waals surface area contributed by atoms with Gasteiger partial charge in [0.1, 0.15) is 0 Å². The van der Waals surface area contributed by atoms with Gasteiger partial charge in [-0.3, -0.25) is 4.79 Å². The van der Waals surface area contributed by atoms with Gasteiger partial charge < -0.3 is 10.2 Å². The van der Waals surface area contributed by atoms with Crippen molar-refractivity contribution in [2.24, 2.45) is 0 Å². The molecule has 0 aromatic rings. The van der Waals surface area contributed by atoms with E-state index in [0.717, 1.165) is 19.4 Å².